The largest absolute Gasteiger partial charge is 0.488 e. The number of nitrogens with zero attached hydrogens (tertiary/aromatic N) is 8. The first-order chi connectivity index (χ1) is 51.5. The summed E-state index contributed by atoms with van der Waals surface area (Å²) in [5, 5.41) is 26.4. The summed E-state index contributed by atoms with van der Waals surface area (Å²) in [6.45, 7) is 25.9. The van der Waals surface area contributed by atoms with E-state index in [0.29, 0.717) is 68.9 Å². The zero-order valence-corrected chi connectivity index (χ0v) is 73.8. The molecule has 0 spiro atoms. The van der Waals surface area contributed by atoms with Crippen LogP contribution in [0.15, 0.2) is 138 Å². The molecule has 7 atom stereocenters. The Morgan fingerprint density at radius 3 is 1.68 bits per heavy atom. The van der Waals surface area contributed by atoms with Gasteiger partial charge in [0.15, 0.2) is 0 Å². The number of halogens is 10. The molecule has 0 saturated heterocycles. The summed E-state index contributed by atoms with van der Waals surface area (Å²) in [5.41, 5.74) is 19.0. The van der Waals surface area contributed by atoms with Crippen LogP contribution in [0.4, 0.5) is 52.9 Å². The molecule has 2 unspecified atom stereocenters. The predicted molar refractivity (Wildman–Crippen MR) is 485 cm³/mol. The second kappa shape index (κ2) is 52.7. The molecule has 12 N–H and O–H groups in total. The van der Waals surface area contributed by atoms with E-state index in [1.165, 1.54) is 11.1 Å². The summed E-state index contributed by atoms with van der Waals surface area (Å²) in [6.07, 6.45) is 16.1. The fourth-order valence-electron chi connectivity index (χ4n) is 10.4. The van der Waals surface area contributed by atoms with Crippen molar-refractivity contribution in [1.29, 1.82) is 0 Å². The number of amides is 3. The van der Waals surface area contributed by atoms with Gasteiger partial charge in [-0.25, -0.2) is 34.7 Å². The molecule has 6 aromatic rings. The molecular weight excluding hydrogens is 1950 g/mol. The minimum atomic E-state index is -4.64. The van der Waals surface area contributed by atoms with Crippen molar-refractivity contribution in [2.24, 2.45) is 5.92 Å². The van der Waals surface area contributed by atoms with Crippen LogP contribution in [0, 0.1) is 5.92 Å². The fraction of sp³-hybridized carbons (Fsp3) is 0.456. The maximum Gasteiger partial charge on any atom is 0.446 e. The molecule has 638 valence electrons. The Bertz CT molecular complexity index is 4220. The number of carbonyl (C=O) groups is 5. The molecule has 11 heterocycles. The average molecular weight is 2060 g/mol. The van der Waals surface area contributed by atoms with Gasteiger partial charge in [-0.1, -0.05) is 71.3 Å². The first kappa shape index (κ1) is 108. The number of allylic oxidation sites excluding steroid dienone is 2. The zero-order valence-electron chi connectivity index (χ0n) is 62.6. The number of hydrogen-bond acceptors (Lipinski definition) is 23. The van der Waals surface area contributed by atoms with Crippen molar-refractivity contribution in [3.05, 3.63) is 177 Å². The van der Waals surface area contributed by atoms with E-state index in [2.05, 4.69) is 219 Å². The van der Waals surface area contributed by atoms with Gasteiger partial charge < -0.3 is 73.1 Å². The lowest BCUT2D eigenvalue weighted by Crippen LogP contribution is -2.43. The van der Waals surface area contributed by atoms with Crippen LogP contribution in [0.3, 0.4) is 0 Å². The van der Waals surface area contributed by atoms with Gasteiger partial charge in [0, 0.05) is 181 Å². The number of likely N-dealkylation sites (N-methyl/N-ethyl adjacent to an activating group) is 1. The molecule has 26 nitrogen and oxygen atoms in total. The van der Waals surface area contributed by atoms with Crippen LogP contribution in [0.1, 0.15) is 145 Å². The molecule has 0 fully saturated rings. The summed E-state index contributed by atoms with van der Waals surface area (Å²) in [5.74, 6) is 5.22. The molecule has 115 heavy (non-hydrogen) atoms. The number of ether oxygens (including phenoxy) is 3. The summed E-state index contributed by atoms with van der Waals surface area (Å²) >= 11 is 20.1. The number of nitrogen functional groups attached to an aromatic ring is 2. The Labute approximate surface area is 737 Å². The first-order valence-electron chi connectivity index (χ1n) is 34.6. The molecular formula is C79H114Br7F3N18O8. The van der Waals surface area contributed by atoms with Crippen LogP contribution >= 0.6 is 113 Å². The van der Waals surface area contributed by atoms with E-state index in [1.54, 1.807) is 67.8 Å². The average Bonchev–Trinajstić information content (AvgIpc) is 1.88. The van der Waals surface area contributed by atoms with Gasteiger partial charge in [-0.3, -0.25) is 24.1 Å². The van der Waals surface area contributed by atoms with Crippen LogP contribution in [-0.2, 0) is 71.4 Å². The van der Waals surface area contributed by atoms with Gasteiger partial charge >= 0.3 is 18.2 Å². The van der Waals surface area contributed by atoms with Gasteiger partial charge in [-0.15, -0.1) is 17.0 Å². The first-order valence-corrected chi connectivity index (χ1v) is 39.7. The van der Waals surface area contributed by atoms with E-state index < -0.39 is 18.1 Å². The maximum atomic E-state index is 12.6. The van der Waals surface area contributed by atoms with Crippen LogP contribution < -0.4 is 54.0 Å². The molecule has 6 aromatic heterocycles. The molecule has 6 aliphatic rings. The highest BCUT2D eigenvalue weighted by molar-refractivity contribution is 9.11. The highest BCUT2D eigenvalue weighted by Crippen LogP contribution is 2.35. The number of nitrogens with one attached hydrogen (secondary N) is 8. The minimum Gasteiger partial charge on any atom is -0.488 e. The van der Waals surface area contributed by atoms with Crippen LogP contribution in [0.5, 0.6) is 0 Å². The topological polar surface area (TPSA) is 345 Å². The van der Waals surface area contributed by atoms with Crippen molar-refractivity contribution in [2.45, 2.75) is 193 Å². The summed E-state index contributed by atoms with van der Waals surface area (Å²) in [6, 6.07) is 12.3. The smallest absolute Gasteiger partial charge is 0.446 e. The fourth-order valence-corrected chi connectivity index (χ4v) is 12.7. The number of pyridine rings is 6. The van der Waals surface area contributed by atoms with Crippen molar-refractivity contribution >= 4 is 184 Å². The van der Waals surface area contributed by atoms with E-state index >= 15 is 0 Å². The third-order valence-electron chi connectivity index (χ3n) is 16.5. The Morgan fingerprint density at radius 1 is 0.696 bits per heavy atom. The normalized spacial score (nSPS) is 17.9. The third kappa shape index (κ3) is 36.8. The highest BCUT2D eigenvalue weighted by Gasteiger charge is 2.33. The molecule has 0 saturated carbocycles. The van der Waals surface area contributed by atoms with E-state index in [9.17, 15) is 32.3 Å². The number of aldehydes is 1. The van der Waals surface area contributed by atoms with E-state index in [0.717, 1.165) is 110 Å². The molecule has 0 radical (unpaired) electrons. The van der Waals surface area contributed by atoms with Gasteiger partial charge in [0.2, 0.25) is 18.1 Å². The third-order valence-corrected chi connectivity index (χ3v) is 19.2. The van der Waals surface area contributed by atoms with Crippen LogP contribution in [0.2, 0.25) is 0 Å². The Balaban J connectivity index is 0.00000136. The molecule has 3 amide bonds. The quantitative estimate of drug-likeness (QED) is 0.0264. The number of anilines is 6. The van der Waals surface area contributed by atoms with Crippen molar-refractivity contribution < 1.29 is 51.4 Å². The van der Waals surface area contributed by atoms with Gasteiger partial charge in [-0.05, 0) is 209 Å². The lowest BCUT2D eigenvalue weighted by Gasteiger charge is -2.30. The number of alkyl halides is 4. The van der Waals surface area contributed by atoms with Crippen molar-refractivity contribution in [3.8, 4) is 0 Å². The van der Waals surface area contributed by atoms with Crippen molar-refractivity contribution in [2.75, 3.05) is 72.6 Å². The second-order valence-corrected chi connectivity index (χ2v) is 31.7. The van der Waals surface area contributed by atoms with E-state index in [-0.39, 0.29) is 108 Å². The number of esters is 1. The van der Waals surface area contributed by atoms with Crippen LogP contribution in [0.25, 0.3) is 6.08 Å². The predicted octanol–water partition coefficient (Wildman–Crippen LogP) is 17.6. The second-order valence-electron chi connectivity index (χ2n) is 26.6. The summed E-state index contributed by atoms with van der Waals surface area (Å²) in [7, 11) is 1.80. The molecule has 1 aliphatic carbocycles. The number of nitrogens with two attached hydrogens (primary N) is 2. The number of rotatable bonds is 10. The highest BCUT2D eigenvalue weighted by atomic mass is 79.9. The number of aromatic nitrogens is 6. The minimum absolute atomic E-state index is 0. The van der Waals surface area contributed by atoms with E-state index in [1.807, 2.05) is 77.2 Å². The lowest BCUT2D eigenvalue weighted by atomic mass is 9.92. The van der Waals surface area contributed by atoms with Gasteiger partial charge in [0.25, 0.3) is 0 Å². The number of hydrogen-bond donors (Lipinski definition) is 10. The maximum absolute atomic E-state index is 12.6. The number of fused-ring (bicyclic) bond motifs is 5. The van der Waals surface area contributed by atoms with Crippen LogP contribution in [-0.4, -0.2) is 158 Å². The van der Waals surface area contributed by atoms with Crippen molar-refractivity contribution in [3.63, 3.8) is 0 Å². The Morgan fingerprint density at radius 2 is 1.16 bits per heavy atom. The Kier molecular flexibility index (Phi) is 49.5. The summed E-state index contributed by atoms with van der Waals surface area (Å²) in [4.78, 5) is 85.1. The number of carbonyl (C=O) groups excluding carboxylic acids is 5. The van der Waals surface area contributed by atoms with Gasteiger partial charge in [0.05, 0.1) is 25.7 Å². The molecule has 36 heteroatoms. The molecule has 0 bridgehead atoms. The zero-order chi connectivity index (χ0) is 80.3. The van der Waals surface area contributed by atoms with Gasteiger partial charge in [0.1, 0.15) is 58.4 Å². The standard InChI is InChI=1S/C23H28N4O2.C14H20BrN3O2.C11H16BrN3O2.C9H10BrN3O.C9H12BrN3.C6H6Br2N2.C2HF3O.5CH4.BrH/c1-15-11-25-23-18(13-24-15)10-17(12-26-23)8-9-22(28)27(3)14-21-16(2)19-6-4-5-7-20(19)29-21;1-9-6-16-12-10(5-11(15)7-17-12)8-18(9)13(19)20-14(2,3)4;1-3-17-11(16)7(2)14-5-8-4-9(12)6-15-10(8)13;1-5-9(14)13-8-6(3-11-5)2-7(10)4-12-8;1-6-3-12-9-7(4-11-6)2-8(10)5-13-9;7-2-4-1-5(8)3-10-6(4)9;3-2(4,5)1-6;;;;;;/h4-10,12,15,19-20,24H,11,13-14H2,1-3H3,(H,25,26);5,7,9H,6,8H2,1-4H3,(H,16,17);4,6-7,14H,3,5H2,1-2H3,(H2,13,15);2,4-5,11H,3H2,1H3,(H,12,13,14);2,5-6,11H,3-4H2,1H3,(H,12,13);1,3H,2H2,(H2,9,10);1H;5*1H4;1H/b9-8+;;;;;;;;;;;;/t15-,19?,20?;9-;7-;5-;6-;;;;;;;;/m11111......../s1. The van der Waals surface area contributed by atoms with E-state index in [4.69, 9.17) is 30.5 Å². The molecule has 5 aliphatic heterocycles. The lowest BCUT2D eigenvalue weighted by molar-refractivity contribution is -0.156. The molecule has 0 aromatic carbocycles. The van der Waals surface area contributed by atoms with Gasteiger partial charge in [-0.2, -0.15) is 13.2 Å². The van der Waals surface area contributed by atoms with Crippen molar-refractivity contribution in [1.82, 2.24) is 61.0 Å². The SMILES string of the molecule is Br.C.C.C.C.C.CC1=C(CN(C)C(=O)/C=C/c2cnc3c(c2)CN[C@H](C)CN3)OC2C=CC=CC12.CCOC(=O)[C@@H](C)NCc1cc(Br)cnc1N.C[C@@H]1CNc2ncc(Br)cc2CN1.C[C@@H]1CNc2ncc(Br)cc2CN1C(=O)OC(C)(C)C.C[C@H]1NCc2cc(Br)cnc2NC1=O.Nc1ncc(Br)cc1CBr.O=CC(F)(F)F. The monoisotopic (exact) mass is 2050 g/mol. The summed E-state index contributed by atoms with van der Waals surface area (Å²) < 4.78 is 52.3. The Hall–Kier alpha value is -7.00. The molecule has 12 rings (SSSR count).